The van der Waals surface area contributed by atoms with Crippen LogP contribution in [0.4, 0.5) is 5.69 Å². The average Bonchev–Trinajstić information content (AvgIpc) is 2.85. The van der Waals surface area contributed by atoms with Gasteiger partial charge in [-0.15, -0.1) is 0 Å². The predicted octanol–water partition coefficient (Wildman–Crippen LogP) is 2.60. The highest BCUT2D eigenvalue weighted by Crippen LogP contribution is 2.33. The van der Waals surface area contributed by atoms with Crippen LogP contribution in [0.15, 0.2) is 18.3 Å². The first-order valence-corrected chi connectivity index (χ1v) is 4.95. The molecule has 2 rings (SSSR count). The molecule has 1 heterocycles. The predicted molar refractivity (Wildman–Crippen MR) is 54.8 cm³/mol. The molecule has 1 atom stereocenters. The maximum atomic E-state index is 4.17. The number of aromatic nitrogens is 1. The fraction of sp³-hybridized carbons (Fsp3) is 0.545. The van der Waals surface area contributed by atoms with Gasteiger partial charge in [0.2, 0.25) is 0 Å². The monoisotopic (exact) mass is 176 g/mol. The van der Waals surface area contributed by atoms with Crippen LogP contribution in [0.5, 0.6) is 0 Å². The second kappa shape index (κ2) is 3.36. The first-order valence-electron chi connectivity index (χ1n) is 4.95. The van der Waals surface area contributed by atoms with Crippen molar-refractivity contribution in [1.82, 2.24) is 4.98 Å². The quantitative estimate of drug-likeness (QED) is 0.765. The Hall–Kier alpha value is -1.05. The number of rotatable bonds is 3. The fourth-order valence-corrected chi connectivity index (χ4v) is 1.61. The second-order valence-electron chi connectivity index (χ2n) is 3.96. The van der Waals surface area contributed by atoms with E-state index in [-0.39, 0.29) is 0 Å². The topological polar surface area (TPSA) is 24.9 Å². The number of nitrogens with one attached hydrogen (secondary N) is 1. The lowest BCUT2D eigenvalue weighted by atomic mass is 10.2. The molecule has 1 unspecified atom stereocenters. The molecule has 0 bridgehead atoms. The number of hydrogen-bond donors (Lipinski definition) is 1. The van der Waals surface area contributed by atoms with Gasteiger partial charge in [-0.3, -0.25) is 4.98 Å². The van der Waals surface area contributed by atoms with Crippen molar-refractivity contribution in [2.75, 3.05) is 5.32 Å². The molecule has 70 valence electrons. The lowest BCUT2D eigenvalue weighted by Crippen LogP contribution is -2.17. The van der Waals surface area contributed by atoms with Crippen LogP contribution in [0, 0.1) is 12.8 Å². The molecule has 0 amide bonds. The normalized spacial score (nSPS) is 18.3. The molecular weight excluding hydrogens is 160 g/mol. The van der Waals surface area contributed by atoms with Crippen molar-refractivity contribution in [3.63, 3.8) is 0 Å². The van der Waals surface area contributed by atoms with E-state index in [1.165, 1.54) is 18.5 Å². The number of nitrogens with zero attached hydrogens (tertiary/aromatic N) is 1. The molecule has 1 aromatic heterocycles. The van der Waals surface area contributed by atoms with E-state index in [1.807, 2.05) is 19.2 Å². The molecule has 0 spiro atoms. The lowest BCUT2D eigenvalue weighted by Gasteiger charge is -2.14. The van der Waals surface area contributed by atoms with E-state index in [1.54, 1.807) is 0 Å². The summed E-state index contributed by atoms with van der Waals surface area (Å²) in [6, 6.07) is 4.74. The van der Waals surface area contributed by atoms with Crippen LogP contribution in [0.25, 0.3) is 0 Å². The molecule has 1 fully saturated rings. The molecule has 0 saturated heterocycles. The van der Waals surface area contributed by atoms with Gasteiger partial charge in [-0.2, -0.15) is 0 Å². The summed E-state index contributed by atoms with van der Waals surface area (Å²) in [6.45, 7) is 4.28. The molecule has 13 heavy (non-hydrogen) atoms. The van der Waals surface area contributed by atoms with E-state index in [9.17, 15) is 0 Å². The third kappa shape index (κ3) is 2.20. The summed E-state index contributed by atoms with van der Waals surface area (Å²) in [7, 11) is 0. The number of hydrogen-bond acceptors (Lipinski definition) is 2. The van der Waals surface area contributed by atoms with Gasteiger partial charge in [0, 0.05) is 23.6 Å². The zero-order chi connectivity index (χ0) is 9.26. The van der Waals surface area contributed by atoms with E-state index in [0.29, 0.717) is 6.04 Å². The Bertz CT molecular complexity index is 292. The Balaban J connectivity index is 2.00. The van der Waals surface area contributed by atoms with Crippen LogP contribution >= 0.6 is 0 Å². The lowest BCUT2D eigenvalue weighted by molar-refractivity contribution is 0.694. The maximum Gasteiger partial charge on any atom is 0.0393 e. The van der Waals surface area contributed by atoms with Gasteiger partial charge in [0.25, 0.3) is 0 Å². The SMILES string of the molecule is Cc1cc(NC(C)C2CC2)ccn1. The van der Waals surface area contributed by atoms with Crippen molar-refractivity contribution in [1.29, 1.82) is 0 Å². The third-order valence-electron chi connectivity index (χ3n) is 2.62. The van der Waals surface area contributed by atoms with Crippen molar-refractivity contribution in [2.45, 2.75) is 32.7 Å². The molecule has 0 radical (unpaired) electrons. The molecule has 1 aliphatic carbocycles. The van der Waals surface area contributed by atoms with Crippen molar-refractivity contribution >= 4 is 5.69 Å². The summed E-state index contributed by atoms with van der Waals surface area (Å²) in [6.07, 6.45) is 4.63. The van der Waals surface area contributed by atoms with Crippen LogP contribution in [0.1, 0.15) is 25.5 Å². The highest BCUT2D eigenvalue weighted by Gasteiger charge is 2.27. The summed E-state index contributed by atoms with van der Waals surface area (Å²) < 4.78 is 0. The van der Waals surface area contributed by atoms with Gasteiger partial charge in [-0.05, 0) is 44.7 Å². The summed E-state index contributed by atoms with van der Waals surface area (Å²) >= 11 is 0. The second-order valence-corrected chi connectivity index (χ2v) is 3.96. The Morgan fingerprint density at radius 1 is 1.54 bits per heavy atom. The molecule has 0 aliphatic heterocycles. The van der Waals surface area contributed by atoms with Gasteiger partial charge < -0.3 is 5.32 Å². The van der Waals surface area contributed by atoms with Crippen LogP contribution < -0.4 is 5.32 Å². The summed E-state index contributed by atoms with van der Waals surface area (Å²) in [5, 5.41) is 3.50. The van der Waals surface area contributed by atoms with Crippen LogP contribution in [0.3, 0.4) is 0 Å². The summed E-state index contributed by atoms with van der Waals surface area (Å²) in [5.41, 5.74) is 2.28. The van der Waals surface area contributed by atoms with Crippen molar-refractivity contribution in [2.24, 2.45) is 5.92 Å². The Morgan fingerprint density at radius 2 is 2.31 bits per heavy atom. The molecule has 1 aliphatic rings. The van der Waals surface area contributed by atoms with E-state index in [0.717, 1.165) is 11.6 Å². The largest absolute Gasteiger partial charge is 0.382 e. The Kier molecular flexibility index (Phi) is 2.21. The van der Waals surface area contributed by atoms with Gasteiger partial charge >= 0.3 is 0 Å². The number of aryl methyl sites for hydroxylation is 1. The van der Waals surface area contributed by atoms with E-state index in [4.69, 9.17) is 0 Å². The van der Waals surface area contributed by atoms with Gasteiger partial charge in [-0.25, -0.2) is 0 Å². The highest BCUT2D eigenvalue weighted by atomic mass is 14.9. The summed E-state index contributed by atoms with van der Waals surface area (Å²) in [5.74, 6) is 0.897. The molecule has 1 saturated carbocycles. The molecule has 1 aromatic rings. The minimum atomic E-state index is 0.613. The van der Waals surface area contributed by atoms with Gasteiger partial charge in [0.1, 0.15) is 0 Å². The van der Waals surface area contributed by atoms with Crippen LogP contribution in [0.2, 0.25) is 0 Å². The zero-order valence-electron chi connectivity index (χ0n) is 8.25. The molecule has 1 N–H and O–H groups in total. The first kappa shape index (κ1) is 8.54. The van der Waals surface area contributed by atoms with Gasteiger partial charge in [0.05, 0.1) is 0 Å². The van der Waals surface area contributed by atoms with E-state index in [2.05, 4.69) is 23.3 Å². The third-order valence-corrected chi connectivity index (χ3v) is 2.62. The molecular formula is C11H16N2. The standard InChI is InChI=1S/C11H16N2/c1-8-7-11(5-6-12-8)13-9(2)10-3-4-10/h5-7,9-10H,3-4H2,1-2H3,(H,12,13). The zero-order valence-corrected chi connectivity index (χ0v) is 8.25. The fourth-order valence-electron chi connectivity index (χ4n) is 1.61. The molecule has 0 aromatic carbocycles. The number of anilines is 1. The smallest absolute Gasteiger partial charge is 0.0393 e. The minimum absolute atomic E-state index is 0.613. The summed E-state index contributed by atoms with van der Waals surface area (Å²) in [4.78, 5) is 4.17. The Morgan fingerprint density at radius 3 is 2.92 bits per heavy atom. The van der Waals surface area contributed by atoms with Crippen LogP contribution in [-0.2, 0) is 0 Å². The first-order chi connectivity index (χ1) is 6.25. The Labute approximate surface area is 79.4 Å². The van der Waals surface area contributed by atoms with E-state index >= 15 is 0 Å². The average molecular weight is 176 g/mol. The van der Waals surface area contributed by atoms with Crippen molar-refractivity contribution < 1.29 is 0 Å². The van der Waals surface area contributed by atoms with Crippen LogP contribution in [-0.4, -0.2) is 11.0 Å². The highest BCUT2D eigenvalue weighted by molar-refractivity contribution is 5.44. The minimum Gasteiger partial charge on any atom is -0.382 e. The van der Waals surface area contributed by atoms with Crippen molar-refractivity contribution in [3.05, 3.63) is 24.0 Å². The molecule has 2 heteroatoms. The maximum absolute atomic E-state index is 4.17. The van der Waals surface area contributed by atoms with Gasteiger partial charge in [0.15, 0.2) is 0 Å². The van der Waals surface area contributed by atoms with Crippen molar-refractivity contribution in [3.8, 4) is 0 Å². The van der Waals surface area contributed by atoms with Gasteiger partial charge in [-0.1, -0.05) is 0 Å². The van der Waals surface area contributed by atoms with E-state index < -0.39 is 0 Å². The number of pyridine rings is 1. The molecule has 2 nitrogen and oxygen atoms in total.